The zero-order valence-corrected chi connectivity index (χ0v) is 16.4. The van der Waals surface area contributed by atoms with Crippen LogP contribution in [0.3, 0.4) is 0 Å². The molecule has 0 aromatic heterocycles. The van der Waals surface area contributed by atoms with E-state index in [1.165, 1.54) is 12.7 Å². The first-order valence-electron chi connectivity index (χ1n) is 8.90. The van der Waals surface area contributed by atoms with Gasteiger partial charge in [-0.25, -0.2) is 4.79 Å². The zero-order chi connectivity index (χ0) is 18.2. The number of methoxy groups -OCH3 is 1. The Bertz CT molecular complexity index is 526. The second kappa shape index (κ2) is 9.93. The van der Waals surface area contributed by atoms with Crippen LogP contribution in [-0.4, -0.2) is 19.2 Å². The van der Waals surface area contributed by atoms with Gasteiger partial charge in [-0.1, -0.05) is 64.6 Å². The number of esters is 1. The summed E-state index contributed by atoms with van der Waals surface area (Å²) in [6.07, 6.45) is 5.41. The van der Waals surface area contributed by atoms with E-state index in [0.717, 1.165) is 32.1 Å². The van der Waals surface area contributed by atoms with E-state index < -0.39 is 6.10 Å². The molecule has 4 heteroatoms. The van der Waals surface area contributed by atoms with Gasteiger partial charge < -0.3 is 9.47 Å². The molecule has 136 valence electrons. The van der Waals surface area contributed by atoms with Crippen molar-refractivity contribution in [2.75, 3.05) is 7.11 Å². The minimum Gasteiger partial charge on any atom is -0.477 e. The molecule has 0 aliphatic carbocycles. The molecule has 0 aliphatic rings. The lowest BCUT2D eigenvalue weighted by atomic mass is 9.82. The van der Waals surface area contributed by atoms with Crippen LogP contribution in [0.1, 0.15) is 71.8 Å². The molecule has 0 saturated carbocycles. The normalized spacial score (nSPS) is 12.8. The van der Waals surface area contributed by atoms with Gasteiger partial charge in [0.25, 0.3) is 0 Å². The molecule has 0 bridgehead atoms. The van der Waals surface area contributed by atoms with Crippen LogP contribution in [0.4, 0.5) is 0 Å². The van der Waals surface area contributed by atoms with Gasteiger partial charge in [-0.15, -0.1) is 0 Å². The van der Waals surface area contributed by atoms with Crippen molar-refractivity contribution < 1.29 is 14.3 Å². The van der Waals surface area contributed by atoms with Gasteiger partial charge >= 0.3 is 5.97 Å². The third-order valence-electron chi connectivity index (χ3n) is 4.65. The van der Waals surface area contributed by atoms with Crippen LogP contribution in [-0.2, 0) is 14.9 Å². The number of halogens is 1. The molecular weight excluding hydrogens is 324 g/mol. The number of hydrogen-bond donors (Lipinski definition) is 0. The third-order valence-corrected chi connectivity index (χ3v) is 4.95. The molecule has 0 fully saturated rings. The van der Waals surface area contributed by atoms with Crippen LogP contribution in [0, 0.1) is 0 Å². The fourth-order valence-corrected chi connectivity index (χ4v) is 2.71. The SMILES string of the molecule is CCCCCCC(Oc1ccc(C(C)(C)CC)cc1Cl)C(=O)OC. The van der Waals surface area contributed by atoms with Crippen molar-refractivity contribution in [3.8, 4) is 5.75 Å². The predicted octanol–water partition coefficient (Wildman–Crippen LogP) is 5.92. The van der Waals surface area contributed by atoms with Crippen molar-refractivity contribution >= 4 is 17.6 Å². The molecule has 0 spiro atoms. The fourth-order valence-electron chi connectivity index (χ4n) is 2.49. The van der Waals surface area contributed by atoms with Crippen molar-refractivity contribution in [3.63, 3.8) is 0 Å². The summed E-state index contributed by atoms with van der Waals surface area (Å²) in [5.74, 6) is 0.193. The highest BCUT2D eigenvalue weighted by atomic mass is 35.5. The molecule has 1 atom stereocenters. The molecule has 0 N–H and O–H groups in total. The molecule has 0 heterocycles. The topological polar surface area (TPSA) is 35.5 Å². The highest BCUT2D eigenvalue weighted by Crippen LogP contribution is 2.34. The molecule has 0 amide bonds. The minimum absolute atomic E-state index is 0.0596. The van der Waals surface area contributed by atoms with E-state index in [9.17, 15) is 4.79 Å². The molecule has 3 nitrogen and oxygen atoms in total. The highest BCUT2D eigenvalue weighted by Gasteiger charge is 2.23. The summed E-state index contributed by atoms with van der Waals surface area (Å²) in [6, 6.07) is 5.82. The lowest BCUT2D eigenvalue weighted by Crippen LogP contribution is -2.28. The number of hydrogen-bond acceptors (Lipinski definition) is 3. The van der Waals surface area contributed by atoms with Crippen LogP contribution in [0.15, 0.2) is 18.2 Å². The van der Waals surface area contributed by atoms with Crippen LogP contribution < -0.4 is 4.74 Å². The van der Waals surface area contributed by atoms with E-state index in [1.54, 1.807) is 0 Å². The lowest BCUT2D eigenvalue weighted by molar-refractivity contribution is -0.149. The zero-order valence-electron chi connectivity index (χ0n) is 15.7. The van der Waals surface area contributed by atoms with E-state index in [4.69, 9.17) is 21.1 Å². The minimum atomic E-state index is -0.602. The van der Waals surface area contributed by atoms with Crippen molar-refractivity contribution in [1.82, 2.24) is 0 Å². The van der Waals surface area contributed by atoms with E-state index in [0.29, 0.717) is 17.2 Å². The molecule has 1 aromatic rings. The molecule has 0 aliphatic heterocycles. The van der Waals surface area contributed by atoms with Gasteiger partial charge in [0, 0.05) is 0 Å². The van der Waals surface area contributed by atoms with Crippen molar-refractivity contribution in [2.45, 2.75) is 77.7 Å². The van der Waals surface area contributed by atoms with Crippen molar-refractivity contribution in [2.24, 2.45) is 0 Å². The molecule has 0 saturated heterocycles. The summed E-state index contributed by atoms with van der Waals surface area (Å²) >= 11 is 6.39. The number of ether oxygens (including phenoxy) is 2. The Balaban J connectivity index is 2.84. The first-order chi connectivity index (χ1) is 11.4. The maximum absolute atomic E-state index is 12.0. The molecule has 1 aromatic carbocycles. The summed E-state index contributed by atoms with van der Waals surface area (Å²) in [5, 5.41) is 0.538. The maximum atomic E-state index is 12.0. The predicted molar refractivity (Wildman–Crippen MR) is 100.0 cm³/mol. The average molecular weight is 355 g/mol. The maximum Gasteiger partial charge on any atom is 0.347 e. The summed E-state index contributed by atoms with van der Waals surface area (Å²) in [7, 11) is 1.39. The third kappa shape index (κ3) is 6.01. The molecule has 1 rings (SSSR count). The van der Waals surface area contributed by atoms with Crippen LogP contribution in [0.5, 0.6) is 5.75 Å². The van der Waals surface area contributed by atoms with E-state index in [-0.39, 0.29) is 11.4 Å². The van der Waals surface area contributed by atoms with Crippen LogP contribution in [0.2, 0.25) is 5.02 Å². The summed E-state index contributed by atoms with van der Waals surface area (Å²) in [5.41, 5.74) is 1.23. The Morgan fingerprint density at radius 3 is 2.46 bits per heavy atom. The quantitative estimate of drug-likeness (QED) is 0.386. The van der Waals surface area contributed by atoms with Gasteiger partial charge in [0.2, 0.25) is 0 Å². The molecule has 1 unspecified atom stereocenters. The van der Waals surface area contributed by atoms with Gasteiger partial charge in [0.1, 0.15) is 5.75 Å². The van der Waals surface area contributed by atoms with E-state index in [1.807, 2.05) is 18.2 Å². The molecular formula is C20H31ClO3. The second-order valence-corrected chi connectivity index (χ2v) is 7.27. The standard InChI is InChI=1S/C20H31ClO3/c1-6-8-9-10-11-18(19(22)23-5)24-17-13-12-15(14-16(17)21)20(3,4)7-2/h12-14,18H,6-11H2,1-5H3. The Labute approximate surface area is 151 Å². The number of unbranched alkanes of at least 4 members (excludes halogenated alkanes) is 3. The highest BCUT2D eigenvalue weighted by molar-refractivity contribution is 6.32. The number of benzene rings is 1. The monoisotopic (exact) mass is 354 g/mol. The van der Waals surface area contributed by atoms with Gasteiger partial charge in [0.05, 0.1) is 12.1 Å². The van der Waals surface area contributed by atoms with E-state index >= 15 is 0 Å². The number of rotatable bonds is 10. The first-order valence-corrected chi connectivity index (χ1v) is 9.28. The van der Waals surface area contributed by atoms with Gasteiger partial charge in [0.15, 0.2) is 6.10 Å². The lowest BCUT2D eigenvalue weighted by Gasteiger charge is -2.24. The Kier molecular flexibility index (Phi) is 8.61. The molecule has 24 heavy (non-hydrogen) atoms. The Morgan fingerprint density at radius 2 is 1.92 bits per heavy atom. The summed E-state index contributed by atoms with van der Waals surface area (Å²) < 4.78 is 10.7. The van der Waals surface area contributed by atoms with Crippen molar-refractivity contribution in [1.29, 1.82) is 0 Å². The van der Waals surface area contributed by atoms with Crippen molar-refractivity contribution in [3.05, 3.63) is 28.8 Å². The smallest absolute Gasteiger partial charge is 0.347 e. The largest absolute Gasteiger partial charge is 0.477 e. The molecule has 0 radical (unpaired) electrons. The van der Waals surface area contributed by atoms with Gasteiger partial charge in [-0.05, 0) is 42.4 Å². The Morgan fingerprint density at radius 1 is 1.21 bits per heavy atom. The number of carbonyl (C=O) groups excluding carboxylic acids is 1. The fraction of sp³-hybridized carbons (Fsp3) is 0.650. The van der Waals surface area contributed by atoms with Crippen LogP contribution in [0.25, 0.3) is 0 Å². The summed E-state index contributed by atoms with van der Waals surface area (Å²) in [4.78, 5) is 12.0. The Hall–Kier alpha value is -1.22. The second-order valence-electron chi connectivity index (χ2n) is 6.86. The average Bonchev–Trinajstić information content (AvgIpc) is 2.58. The van der Waals surface area contributed by atoms with Crippen LogP contribution >= 0.6 is 11.6 Å². The van der Waals surface area contributed by atoms with Gasteiger partial charge in [-0.3, -0.25) is 0 Å². The van der Waals surface area contributed by atoms with Gasteiger partial charge in [-0.2, -0.15) is 0 Å². The number of carbonyl (C=O) groups is 1. The summed E-state index contributed by atoms with van der Waals surface area (Å²) in [6.45, 7) is 8.68. The first kappa shape index (κ1) is 20.8. The van der Waals surface area contributed by atoms with E-state index in [2.05, 4.69) is 27.7 Å².